The summed E-state index contributed by atoms with van der Waals surface area (Å²) in [6.07, 6.45) is 0.596. The van der Waals surface area contributed by atoms with Crippen molar-refractivity contribution in [3.05, 3.63) is 42.0 Å². The second-order valence-corrected chi connectivity index (χ2v) is 4.37. The van der Waals surface area contributed by atoms with Crippen LogP contribution in [0.15, 0.2) is 36.4 Å². The van der Waals surface area contributed by atoms with Gasteiger partial charge in [-0.05, 0) is 30.4 Å². The van der Waals surface area contributed by atoms with Crippen LogP contribution in [0.5, 0.6) is 0 Å². The molecule has 0 radical (unpaired) electrons. The number of aliphatic hydroxyl groups excluding tert-OH is 1. The first-order valence-electron chi connectivity index (χ1n) is 5.73. The zero-order chi connectivity index (χ0) is 11.1. The molecule has 82 valence electrons. The van der Waals surface area contributed by atoms with Gasteiger partial charge in [0.25, 0.3) is 0 Å². The molecule has 2 nitrogen and oxygen atoms in total. The van der Waals surface area contributed by atoms with Crippen LogP contribution in [0.3, 0.4) is 0 Å². The Morgan fingerprint density at radius 3 is 2.69 bits per heavy atom. The number of nitrogens with zero attached hydrogens (tertiary/aromatic N) is 1. The first kappa shape index (κ1) is 9.67. The van der Waals surface area contributed by atoms with Crippen LogP contribution >= 0.6 is 0 Å². The van der Waals surface area contributed by atoms with Crippen molar-refractivity contribution in [3.63, 3.8) is 0 Å². The molecule has 0 saturated heterocycles. The van der Waals surface area contributed by atoms with Gasteiger partial charge in [0.2, 0.25) is 0 Å². The summed E-state index contributed by atoms with van der Waals surface area (Å²) in [7, 11) is 0. The average molecular weight is 213 g/mol. The number of rotatable bonds is 1. The van der Waals surface area contributed by atoms with Crippen molar-refractivity contribution in [3.8, 4) is 0 Å². The third kappa shape index (κ3) is 1.30. The van der Waals surface area contributed by atoms with Crippen LogP contribution in [0.25, 0.3) is 10.8 Å². The van der Waals surface area contributed by atoms with Crippen molar-refractivity contribution in [1.82, 2.24) is 0 Å². The van der Waals surface area contributed by atoms with Crippen LogP contribution in [0.1, 0.15) is 12.5 Å². The van der Waals surface area contributed by atoms with Gasteiger partial charge in [0.1, 0.15) is 6.23 Å². The standard InChI is InChI=1S/C14H15NO/c1-10(16)15-9-8-12-5-2-4-11-6-3-7-13(15)14(11)12/h2-7,10,16H,8-9H2,1H3. The van der Waals surface area contributed by atoms with Crippen molar-refractivity contribution >= 4 is 16.5 Å². The number of anilines is 1. The molecule has 1 atom stereocenters. The number of benzene rings is 2. The van der Waals surface area contributed by atoms with Gasteiger partial charge in [-0.1, -0.05) is 30.3 Å². The first-order valence-corrected chi connectivity index (χ1v) is 5.73. The molecular formula is C14H15NO. The molecule has 2 aromatic rings. The third-order valence-corrected chi connectivity index (χ3v) is 3.35. The normalized spacial score (nSPS) is 16.5. The molecule has 0 aliphatic carbocycles. The Morgan fingerprint density at radius 2 is 1.94 bits per heavy atom. The number of aliphatic hydroxyl groups is 1. The molecule has 2 aromatic carbocycles. The molecular weight excluding hydrogens is 198 g/mol. The summed E-state index contributed by atoms with van der Waals surface area (Å²) in [5.41, 5.74) is 2.55. The molecule has 1 N–H and O–H groups in total. The molecule has 1 aliphatic rings. The van der Waals surface area contributed by atoms with Gasteiger partial charge in [-0.25, -0.2) is 0 Å². The summed E-state index contributed by atoms with van der Waals surface area (Å²) in [5, 5.41) is 12.3. The summed E-state index contributed by atoms with van der Waals surface area (Å²) in [5.74, 6) is 0. The van der Waals surface area contributed by atoms with E-state index in [0.29, 0.717) is 0 Å². The van der Waals surface area contributed by atoms with E-state index < -0.39 is 6.23 Å². The van der Waals surface area contributed by atoms with E-state index in [0.717, 1.165) is 18.7 Å². The molecule has 0 amide bonds. The number of hydrogen-bond acceptors (Lipinski definition) is 2. The Morgan fingerprint density at radius 1 is 1.19 bits per heavy atom. The van der Waals surface area contributed by atoms with Crippen LogP contribution in [0.2, 0.25) is 0 Å². The average Bonchev–Trinajstić information content (AvgIpc) is 2.30. The Kier molecular flexibility index (Phi) is 2.11. The highest BCUT2D eigenvalue weighted by atomic mass is 16.3. The number of hydrogen-bond donors (Lipinski definition) is 1. The second kappa shape index (κ2) is 3.49. The summed E-state index contributed by atoms with van der Waals surface area (Å²) in [6, 6.07) is 12.7. The third-order valence-electron chi connectivity index (χ3n) is 3.35. The smallest absolute Gasteiger partial charge is 0.124 e. The van der Waals surface area contributed by atoms with Gasteiger partial charge in [0.15, 0.2) is 0 Å². The van der Waals surface area contributed by atoms with Gasteiger partial charge < -0.3 is 10.0 Å². The maximum Gasteiger partial charge on any atom is 0.124 e. The summed E-state index contributed by atoms with van der Waals surface area (Å²) < 4.78 is 0. The fraction of sp³-hybridized carbons (Fsp3) is 0.286. The Hall–Kier alpha value is -1.54. The lowest BCUT2D eigenvalue weighted by molar-refractivity contribution is 0.188. The highest BCUT2D eigenvalue weighted by molar-refractivity contribution is 5.98. The fourth-order valence-corrected chi connectivity index (χ4v) is 2.59. The summed E-state index contributed by atoms with van der Waals surface area (Å²) in [6.45, 7) is 2.72. The Labute approximate surface area is 95.1 Å². The van der Waals surface area contributed by atoms with E-state index in [-0.39, 0.29) is 0 Å². The first-order chi connectivity index (χ1) is 7.77. The van der Waals surface area contributed by atoms with Crippen LogP contribution in [-0.2, 0) is 6.42 Å². The van der Waals surface area contributed by atoms with Crippen LogP contribution in [0.4, 0.5) is 5.69 Å². The van der Waals surface area contributed by atoms with E-state index in [9.17, 15) is 5.11 Å². The zero-order valence-corrected chi connectivity index (χ0v) is 9.35. The molecule has 3 rings (SSSR count). The Bertz CT molecular complexity index is 528. The predicted molar refractivity (Wildman–Crippen MR) is 66.7 cm³/mol. The monoisotopic (exact) mass is 213 g/mol. The lowest BCUT2D eigenvalue weighted by Gasteiger charge is -2.33. The van der Waals surface area contributed by atoms with E-state index in [1.807, 2.05) is 6.92 Å². The van der Waals surface area contributed by atoms with E-state index in [2.05, 4.69) is 41.3 Å². The van der Waals surface area contributed by atoms with Gasteiger partial charge in [-0.3, -0.25) is 0 Å². The molecule has 0 spiro atoms. The molecule has 1 heterocycles. The Balaban J connectivity index is 2.31. The van der Waals surface area contributed by atoms with Crippen molar-refractivity contribution < 1.29 is 5.11 Å². The lowest BCUT2D eigenvalue weighted by atomic mass is 9.96. The minimum atomic E-state index is -0.418. The van der Waals surface area contributed by atoms with E-state index in [4.69, 9.17) is 0 Å². The minimum absolute atomic E-state index is 0.418. The molecule has 0 bridgehead atoms. The van der Waals surface area contributed by atoms with Gasteiger partial charge in [0, 0.05) is 17.6 Å². The molecule has 0 fully saturated rings. The highest BCUT2D eigenvalue weighted by Gasteiger charge is 2.20. The van der Waals surface area contributed by atoms with E-state index >= 15 is 0 Å². The van der Waals surface area contributed by atoms with E-state index in [1.54, 1.807) is 0 Å². The SMILES string of the molecule is CC(O)N1CCc2cccc3cccc1c23. The molecule has 0 saturated carbocycles. The fourth-order valence-electron chi connectivity index (χ4n) is 2.59. The van der Waals surface area contributed by atoms with Crippen molar-refractivity contribution in [1.29, 1.82) is 0 Å². The minimum Gasteiger partial charge on any atom is -0.374 e. The molecule has 2 heteroatoms. The van der Waals surface area contributed by atoms with Crippen LogP contribution in [0, 0.1) is 0 Å². The van der Waals surface area contributed by atoms with E-state index in [1.165, 1.54) is 16.3 Å². The summed E-state index contributed by atoms with van der Waals surface area (Å²) in [4.78, 5) is 2.06. The molecule has 16 heavy (non-hydrogen) atoms. The predicted octanol–water partition coefficient (Wildman–Crippen LogP) is 2.54. The van der Waals surface area contributed by atoms with Gasteiger partial charge in [0.05, 0.1) is 0 Å². The van der Waals surface area contributed by atoms with Gasteiger partial charge in [-0.15, -0.1) is 0 Å². The van der Waals surface area contributed by atoms with Gasteiger partial charge >= 0.3 is 0 Å². The lowest BCUT2D eigenvalue weighted by Crippen LogP contribution is -2.36. The quantitative estimate of drug-likeness (QED) is 0.787. The molecule has 0 aromatic heterocycles. The van der Waals surface area contributed by atoms with Crippen LogP contribution < -0.4 is 4.90 Å². The van der Waals surface area contributed by atoms with Crippen molar-refractivity contribution in [2.75, 3.05) is 11.4 Å². The second-order valence-electron chi connectivity index (χ2n) is 4.37. The topological polar surface area (TPSA) is 23.5 Å². The summed E-state index contributed by atoms with van der Waals surface area (Å²) >= 11 is 0. The van der Waals surface area contributed by atoms with Crippen molar-refractivity contribution in [2.45, 2.75) is 19.6 Å². The maximum atomic E-state index is 9.78. The zero-order valence-electron chi connectivity index (χ0n) is 9.35. The highest BCUT2D eigenvalue weighted by Crippen LogP contribution is 2.34. The largest absolute Gasteiger partial charge is 0.374 e. The molecule has 1 unspecified atom stereocenters. The van der Waals surface area contributed by atoms with Crippen LogP contribution in [-0.4, -0.2) is 17.9 Å². The maximum absolute atomic E-state index is 9.78. The van der Waals surface area contributed by atoms with Crippen molar-refractivity contribution in [2.24, 2.45) is 0 Å². The molecule has 1 aliphatic heterocycles. The van der Waals surface area contributed by atoms with Gasteiger partial charge in [-0.2, -0.15) is 0 Å².